The van der Waals surface area contributed by atoms with E-state index in [2.05, 4.69) is 5.32 Å². The largest absolute Gasteiger partial charge is 0.372 e. The average molecular weight is 287 g/mol. The van der Waals surface area contributed by atoms with E-state index in [0.29, 0.717) is 19.7 Å². The van der Waals surface area contributed by atoms with E-state index >= 15 is 0 Å². The van der Waals surface area contributed by atoms with Crippen molar-refractivity contribution in [1.29, 1.82) is 0 Å². The molecule has 0 radical (unpaired) electrons. The van der Waals surface area contributed by atoms with Gasteiger partial charge in [-0.3, -0.25) is 0 Å². The number of carbonyl (C=O) groups excluding carboxylic acids is 1. The topological polar surface area (TPSA) is 46.5 Å². The molecular weight excluding hydrogens is 266 g/mol. The summed E-state index contributed by atoms with van der Waals surface area (Å²) in [6.45, 7) is 5.81. The Bertz CT molecular complexity index is 675. The van der Waals surface area contributed by atoms with Crippen LogP contribution in [0, 0.1) is 0 Å². The number of urea groups is 1. The fourth-order valence-electron chi connectivity index (χ4n) is 2.80. The number of aromatic nitrogens is 1. The third-order valence-corrected chi connectivity index (χ3v) is 3.88. The predicted octanol–water partition coefficient (Wildman–Crippen LogP) is 2.82. The van der Waals surface area contributed by atoms with E-state index in [4.69, 9.17) is 4.74 Å². The van der Waals surface area contributed by atoms with Crippen LogP contribution in [0.3, 0.4) is 0 Å². The van der Waals surface area contributed by atoms with Gasteiger partial charge in [0.2, 0.25) is 0 Å². The second-order valence-electron chi connectivity index (χ2n) is 6.12. The van der Waals surface area contributed by atoms with Crippen LogP contribution in [0.5, 0.6) is 0 Å². The summed E-state index contributed by atoms with van der Waals surface area (Å²) in [6, 6.07) is 7.90. The van der Waals surface area contributed by atoms with Crippen LogP contribution >= 0.6 is 0 Å². The zero-order chi connectivity index (χ0) is 15.0. The summed E-state index contributed by atoms with van der Waals surface area (Å²) in [5.41, 5.74) is 1.67. The van der Waals surface area contributed by atoms with Crippen LogP contribution in [0.15, 0.2) is 30.5 Å². The molecule has 0 atom stereocenters. The summed E-state index contributed by atoms with van der Waals surface area (Å²) in [5, 5.41) is 4.08. The molecule has 112 valence electrons. The van der Waals surface area contributed by atoms with Crippen molar-refractivity contribution in [2.75, 3.05) is 25.0 Å². The van der Waals surface area contributed by atoms with Crippen LogP contribution in [0.25, 0.3) is 10.9 Å². The number of benzene rings is 1. The minimum Gasteiger partial charge on any atom is -0.372 e. The highest BCUT2D eigenvalue weighted by Crippen LogP contribution is 2.25. The summed E-state index contributed by atoms with van der Waals surface area (Å²) in [6.07, 6.45) is 2.00. The molecule has 0 aliphatic carbocycles. The summed E-state index contributed by atoms with van der Waals surface area (Å²) in [5.74, 6) is 0. The Kier molecular flexibility index (Phi) is 3.37. The molecule has 0 bridgehead atoms. The number of aryl methyl sites for hydroxylation is 1. The number of hydrogen-bond donors (Lipinski definition) is 1. The smallest absolute Gasteiger partial charge is 0.322 e. The molecule has 1 aliphatic rings. The molecule has 1 N–H and O–H groups in total. The van der Waals surface area contributed by atoms with E-state index in [9.17, 15) is 4.79 Å². The van der Waals surface area contributed by atoms with Crippen molar-refractivity contribution < 1.29 is 9.53 Å². The summed E-state index contributed by atoms with van der Waals surface area (Å²) in [4.78, 5) is 14.3. The number of ether oxygens (including phenoxy) is 1. The van der Waals surface area contributed by atoms with Crippen molar-refractivity contribution in [2.45, 2.75) is 19.4 Å². The van der Waals surface area contributed by atoms with Gasteiger partial charge in [0.15, 0.2) is 0 Å². The van der Waals surface area contributed by atoms with Crippen LogP contribution in [-0.4, -0.2) is 40.8 Å². The number of anilines is 1. The summed E-state index contributed by atoms with van der Waals surface area (Å²) >= 11 is 0. The SMILES string of the molecule is Cn1ccc2c(NC(=O)N3CCOC(C)(C)C3)cccc21. The molecule has 1 saturated heterocycles. The molecule has 1 aliphatic heterocycles. The molecule has 2 heterocycles. The zero-order valence-corrected chi connectivity index (χ0v) is 12.7. The van der Waals surface area contributed by atoms with Gasteiger partial charge >= 0.3 is 6.03 Å². The third-order valence-electron chi connectivity index (χ3n) is 3.88. The van der Waals surface area contributed by atoms with E-state index in [1.54, 1.807) is 0 Å². The Labute approximate surface area is 124 Å². The first-order chi connectivity index (χ1) is 9.96. The lowest BCUT2D eigenvalue weighted by atomic mass is 10.1. The van der Waals surface area contributed by atoms with Gasteiger partial charge in [0.25, 0.3) is 0 Å². The van der Waals surface area contributed by atoms with E-state index in [1.807, 2.05) is 60.8 Å². The number of nitrogens with zero attached hydrogens (tertiary/aromatic N) is 2. The molecule has 1 aromatic carbocycles. The summed E-state index contributed by atoms with van der Waals surface area (Å²) < 4.78 is 7.69. The van der Waals surface area contributed by atoms with Crippen molar-refractivity contribution >= 4 is 22.6 Å². The number of carbonyl (C=O) groups is 1. The third kappa shape index (κ3) is 2.74. The maximum absolute atomic E-state index is 12.5. The molecule has 0 unspecified atom stereocenters. The predicted molar refractivity (Wildman–Crippen MR) is 83.5 cm³/mol. The van der Waals surface area contributed by atoms with Crippen molar-refractivity contribution in [3.63, 3.8) is 0 Å². The first kappa shape index (κ1) is 13.9. The van der Waals surface area contributed by atoms with Gasteiger partial charge in [0.1, 0.15) is 0 Å². The van der Waals surface area contributed by atoms with Crippen molar-refractivity contribution in [2.24, 2.45) is 7.05 Å². The summed E-state index contributed by atoms with van der Waals surface area (Å²) in [7, 11) is 2.00. The van der Waals surface area contributed by atoms with Crippen molar-refractivity contribution in [1.82, 2.24) is 9.47 Å². The minimum absolute atomic E-state index is 0.0669. The average Bonchev–Trinajstić information content (AvgIpc) is 2.81. The van der Waals surface area contributed by atoms with Gasteiger partial charge in [0, 0.05) is 30.7 Å². The highest BCUT2D eigenvalue weighted by molar-refractivity contribution is 6.00. The second kappa shape index (κ2) is 5.07. The Balaban J connectivity index is 1.80. The van der Waals surface area contributed by atoms with Gasteiger partial charge in [0.05, 0.1) is 24.4 Å². The Morgan fingerprint density at radius 2 is 2.14 bits per heavy atom. The fraction of sp³-hybridized carbons (Fsp3) is 0.438. The van der Waals surface area contributed by atoms with Gasteiger partial charge in [-0.15, -0.1) is 0 Å². The van der Waals surface area contributed by atoms with Gasteiger partial charge in [-0.2, -0.15) is 0 Å². The molecule has 2 amide bonds. The number of fused-ring (bicyclic) bond motifs is 1. The van der Waals surface area contributed by atoms with Gasteiger partial charge < -0.3 is 19.5 Å². The minimum atomic E-state index is -0.283. The fourth-order valence-corrected chi connectivity index (χ4v) is 2.80. The highest BCUT2D eigenvalue weighted by Gasteiger charge is 2.30. The number of morpholine rings is 1. The number of hydrogen-bond acceptors (Lipinski definition) is 2. The molecule has 0 saturated carbocycles. The molecule has 3 rings (SSSR count). The Morgan fingerprint density at radius 3 is 2.90 bits per heavy atom. The maximum Gasteiger partial charge on any atom is 0.322 e. The molecule has 2 aromatic rings. The van der Waals surface area contributed by atoms with Gasteiger partial charge in [-0.05, 0) is 32.0 Å². The standard InChI is InChI=1S/C16H21N3O2/c1-16(2)11-19(9-10-21-16)15(20)17-13-5-4-6-14-12(13)7-8-18(14)3/h4-8H,9-11H2,1-3H3,(H,17,20). The van der Waals surface area contributed by atoms with Crippen LogP contribution in [0.4, 0.5) is 10.5 Å². The molecule has 1 aromatic heterocycles. The van der Waals surface area contributed by atoms with Crippen LogP contribution in [-0.2, 0) is 11.8 Å². The van der Waals surface area contributed by atoms with Crippen LogP contribution in [0.1, 0.15) is 13.8 Å². The lowest BCUT2D eigenvalue weighted by Gasteiger charge is -2.38. The second-order valence-corrected chi connectivity index (χ2v) is 6.12. The number of rotatable bonds is 1. The van der Waals surface area contributed by atoms with E-state index in [1.165, 1.54) is 0 Å². The van der Waals surface area contributed by atoms with E-state index < -0.39 is 0 Å². The monoisotopic (exact) mass is 287 g/mol. The number of nitrogens with one attached hydrogen (secondary N) is 1. The van der Waals surface area contributed by atoms with Crippen molar-refractivity contribution in [3.05, 3.63) is 30.5 Å². The zero-order valence-electron chi connectivity index (χ0n) is 12.7. The molecule has 5 nitrogen and oxygen atoms in total. The first-order valence-corrected chi connectivity index (χ1v) is 7.20. The van der Waals surface area contributed by atoms with Crippen LogP contribution < -0.4 is 5.32 Å². The lowest BCUT2D eigenvalue weighted by molar-refractivity contribution is -0.0720. The van der Waals surface area contributed by atoms with E-state index in [-0.39, 0.29) is 11.6 Å². The molecule has 0 spiro atoms. The Morgan fingerprint density at radius 1 is 1.33 bits per heavy atom. The van der Waals surface area contributed by atoms with Crippen molar-refractivity contribution in [3.8, 4) is 0 Å². The van der Waals surface area contributed by atoms with Gasteiger partial charge in [-0.25, -0.2) is 4.79 Å². The normalized spacial score (nSPS) is 18.0. The van der Waals surface area contributed by atoms with Gasteiger partial charge in [-0.1, -0.05) is 6.07 Å². The molecule has 21 heavy (non-hydrogen) atoms. The molecule has 1 fully saturated rings. The number of amides is 2. The quantitative estimate of drug-likeness (QED) is 0.876. The Hall–Kier alpha value is -2.01. The molecule has 5 heteroatoms. The lowest BCUT2D eigenvalue weighted by Crippen LogP contribution is -2.51. The highest BCUT2D eigenvalue weighted by atomic mass is 16.5. The van der Waals surface area contributed by atoms with E-state index in [0.717, 1.165) is 16.6 Å². The van der Waals surface area contributed by atoms with Crippen LogP contribution in [0.2, 0.25) is 0 Å². The maximum atomic E-state index is 12.5. The molecular formula is C16H21N3O2. The first-order valence-electron chi connectivity index (χ1n) is 7.20.